The molecule has 0 atom stereocenters. The third kappa shape index (κ3) is 2.23. The van der Waals surface area contributed by atoms with Gasteiger partial charge in [-0.05, 0) is 32.3 Å². The number of thiophene rings is 1. The van der Waals surface area contributed by atoms with Crippen LogP contribution in [0.5, 0.6) is 0 Å². The van der Waals surface area contributed by atoms with E-state index < -0.39 is 0 Å². The molecule has 4 rings (SSSR count). The van der Waals surface area contributed by atoms with Crippen LogP contribution in [0.15, 0.2) is 6.20 Å². The molecule has 0 aromatic carbocycles. The first-order chi connectivity index (χ1) is 10.2. The maximum absolute atomic E-state index is 6.38. The first-order valence-electron chi connectivity index (χ1n) is 7.12. The second-order valence-electron chi connectivity index (χ2n) is 5.52. The SMILES string of the molecule is Cc1nc2sc3c(N4CCCC4)nncc3c2c(C)c1Cl.Cl. The lowest BCUT2D eigenvalue weighted by Crippen LogP contribution is -2.19. The number of anilines is 1. The van der Waals surface area contributed by atoms with Crippen LogP contribution in [0, 0.1) is 13.8 Å². The fourth-order valence-electron chi connectivity index (χ4n) is 3.07. The summed E-state index contributed by atoms with van der Waals surface area (Å²) in [5.41, 5.74) is 1.97. The Morgan fingerprint density at radius 2 is 1.95 bits per heavy atom. The minimum atomic E-state index is 0. The molecule has 0 N–H and O–H groups in total. The summed E-state index contributed by atoms with van der Waals surface area (Å²) in [4.78, 5) is 8.01. The van der Waals surface area contributed by atoms with E-state index in [9.17, 15) is 0 Å². The van der Waals surface area contributed by atoms with Gasteiger partial charge in [0.1, 0.15) is 4.83 Å². The molecule has 1 saturated heterocycles. The lowest BCUT2D eigenvalue weighted by atomic mass is 10.1. The molecule has 3 aromatic rings. The van der Waals surface area contributed by atoms with Gasteiger partial charge >= 0.3 is 0 Å². The van der Waals surface area contributed by atoms with Gasteiger partial charge in [0.15, 0.2) is 5.82 Å². The van der Waals surface area contributed by atoms with E-state index in [1.165, 1.54) is 17.5 Å². The molecular formula is C15H16Cl2N4S. The highest BCUT2D eigenvalue weighted by molar-refractivity contribution is 7.26. The van der Waals surface area contributed by atoms with E-state index in [0.29, 0.717) is 0 Å². The van der Waals surface area contributed by atoms with Crippen molar-refractivity contribution >= 4 is 61.5 Å². The molecule has 4 nitrogen and oxygen atoms in total. The predicted molar refractivity (Wildman–Crippen MR) is 95.9 cm³/mol. The van der Waals surface area contributed by atoms with E-state index in [4.69, 9.17) is 11.6 Å². The smallest absolute Gasteiger partial charge is 0.169 e. The molecule has 1 aliphatic rings. The first kappa shape index (κ1) is 15.7. The Bertz CT molecular complexity index is 856. The van der Waals surface area contributed by atoms with Gasteiger partial charge in [-0.1, -0.05) is 11.6 Å². The van der Waals surface area contributed by atoms with Crippen molar-refractivity contribution in [1.82, 2.24) is 15.2 Å². The second-order valence-corrected chi connectivity index (χ2v) is 6.90. The Balaban J connectivity index is 0.00000144. The van der Waals surface area contributed by atoms with Crippen molar-refractivity contribution in [3.8, 4) is 0 Å². The van der Waals surface area contributed by atoms with Gasteiger partial charge < -0.3 is 4.90 Å². The summed E-state index contributed by atoms with van der Waals surface area (Å²) >= 11 is 8.07. The monoisotopic (exact) mass is 354 g/mol. The number of pyridine rings is 1. The molecule has 0 unspecified atom stereocenters. The third-order valence-corrected chi connectivity index (χ3v) is 5.82. The maximum Gasteiger partial charge on any atom is 0.169 e. The Hall–Kier alpha value is -1.17. The topological polar surface area (TPSA) is 41.9 Å². The van der Waals surface area contributed by atoms with E-state index >= 15 is 0 Å². The summed E-state index contributed by atoms with van der Waals surface area (Å²) in [6, 6.07) is 0. The van der Waals surface area contributed by atoms with E-state index in [2.05, 4.69) is 27.0 Å². The fourth-order valence-corrected chi connectivity index (χ4v) is 4.47. The van der Waals surface area contributed by atoms with Gasteiger partial charge in [-0.15, -0.1) is 28.8 Å². The van der Waals surface area contributed by atoms with Crippen LogP contribution in [0.2, 0.25) is 5.02 Å². The molecule has 0 aliphatic carbocycles. The third-order valence-electron chi connectivity index (χ3n) is 4.17. The van der Waals surface area contributed by atoms with Crippen LogP contribution in [-0.4, -0.2) is 28.3 Å². The quantitative estimate of drug-likeness (QED) is 0.643. The highest BCUT2D eigenvalue weighted by Crippen LogP contribution is 2.41. The molecule has 0 radical (unpaired) electrons. The Morgan fingerprint density at radius 3 is 2.68 bits per heavy atom. The van der Waals surface area contributed by atoms with Crippen LogP contribution in [-0.2, 0) is 0 Å². The van der Waals surface area contributed by atoms with Crippen molar-refractivity contribution in [3.05, 3.63) is 22.5 Å². The number of hydrogen-bond donors (Lipinski definition) is 0. The molecule has 7 heteroatoms. The van der Waals surface area contributed by atoms with Crippen molar-refractivity contribution in [2.75, 3.05) is 18.0 Å². The predicted octanol–water partition coefficient (Wildman–Crippen LogP) is 4.53. The number of fused-ring (bicyclic) bond motifs is 3. The summed E-state index contributed by atoms with van der Waals surface area (Å²) in [5.74, 6) is 1.00. The number of aromatic nitrogens is 3. The fraction of sp³-hybridized carbons (Fsp3) is 0.400. The van der Waals surface area contributed by atoms with E-state index in [1.54, 1.807) is 11.3 Å². The molecule has 1 fully saturated rings. The van der Waals surface area contributed by atoms with E-state index in [-0.39, 0.29) is 12.4 Å². The summed E-state index contributed by atoms with van der Waals surface area (Å²) in [6.45, 7) is 6.14. The lowest BCUT2D eigenvalue weighted by Gasteiger charge is -2.15. The maximum atomic E-state index is 6.38. The van der Waals surface area contributed by atoms with Crippen LogP contribution in [0.4, 0.5) is 5.82 Å². The largest absolute Gasteiger partial charge is 0.354 e. The minimum absolute atomic E-state index is 0. The Morgan fingerprint density at radius 1 is 1.23 bits per heavy atom. The zero-order valence-electron chi connectivity index (χ0n) is 12.4. The van der Waals surface area contributed by atoms with Crippen LogP contribution < -0.4 is 4.90 Å². The van der Waals surface area contributed by atoms with Crippen molar-refractivity contribution in [3.63, 3.8) is 0 Å². The molecule has 0 amide bonds. The minimum Gasteiger partial charge on any atom is -0.354 e. The summed E-state index contributed by atoms with van der Waals surface area (Å²) in [7, 11) is 0. The van der Waals surface area contributed by atoms with Gasteiger partial charge in [0, 0.05) is 23.9 Å². The summed E-state index contributed by atoms with van der Waals surface area (Å²) < 4.78 is 1.18. The van der Waals surface area contributed by atoms with Crippen LogP contribution in [0.3, 0.4) is 0 Å². The average Bonchev–Trinajstić information content (AvgIpc) is 3.11. The van der Waals surface area contributed by atoms with Crippen molar-refractivity contribution in [1.29, 1.82) is 0 Å². The van der Waals surface area contributed by atoms with Gasteiger partial charge in [-0.2, -0.15) is 5.10 Å². The van der Waals surface area contributed by atoms with Gasteiger partial charge in [-0.25, -0.2) is 4.98 Å². The van der Waals surface area contributed by atoms with E-state index in [0.717, 1.165) is 50.8 Å². The second kappa shape index (κ2) is 5.80. The molecule has 1 aliphatic heterocycles. The zero-order valence-corrected chi connectivity index (χ0v) is 14.8. The number of rotatable bonds is 1. The zero-order chi connectivity index (χ0) is 14.6. The number of hydrogen-bond acceptors (Lipinski definition) is 5. The molecular weight excluding hydrogens is 339 g/mol. The van der Waals surface area contributed by atoms with Crippen molar-refractivity contribution in [2.45, 2.75) is 26.7 Å². The van der Waals surface area contributed by atoms with Crippen LogP contribution in [0.1, 0.15) is 24.1 Å². The van der Waals surface area contributed by atoms with Gasteiger partial charge in [-0.3, -0.25) is 0 Å². The first-order valence-corrected chi connectivity index (χ1v) is 8.32. The molecule has 4 heterocycles. The highest BCUT2D eigenvalue weighted by atomic mass is 35.5. The standard InChI is InChI=1S/C15H15ClN4S.ClH/c1-8-11-10-7-17-19-14(20-5-3-4-6-20)13(10)21-15(11)18-9(2)12(8)16;/h7H,3-6H2,1-2H3;1H. The van der Waals surface area contributed by atoms with Gasteiger partial charge in [0.2, 0.25) is 0 Å². The van der Waals surface area contributed by atoms with Crippen LogP contribution in [0.25, 0.3) is 20.3 Å². The van der Waals surface area contributed by atoms with E-state index in [1.807, 2.05) is 13.1 Å². The highest BCUT2D eigenvalue weighted by Gasteiger charge is 2.21. The van der Waals surface area contributed by atoms with Gasteiger partial charge in [0.05, 0.1) is 21.6 Å². The van der Waals surface area contributed by atoms with Crippen molar-refractivity contribution in [2.24, 2.45) is 0 Å². The lowest BCUT2D eigenvalue weighted by molar-refractivity contribution is 0.907. The summed E-state index contributed by atoms with van der Waals surface area (Å²) in [5, 5.41) is 11.6. The van der Waals surface area contributed by atoms with Crippen LogP contribution >= 0.6 is 35.3 Å². The summed E-state index contributed by atoms with van der Waals surface area (Å²) in [6.07, 6.45) is 4.30. The normalized spacial score (nSPS) is 14.8. The molecule has 0 bridgehead atoms. The van der Waals surface area contributed by atoms with Gasteiger partial charge in [0.25, 0.3) is 0 Å². The molecule has 0 spiro atoms. The number of halogens is 2. The molecule has 0 saturated carbocycles. The molecule has 22 heavy (non-hydrogen) atoms. The Kier molecular flexibility index (Phi) is 4.14. The average molecular weight is 355 g/mol. The molecule has 116 valence electrons. The Labute approximate surface area is 143 Å². The van der Waals surface area contributed by atoms with Crippen molar-refractivity contribution < 1.29 is 0 Å². The molecule has 3 aromatic heterocycles. The number of aryl methyl sites for hydroxylation is 2. The number of nitrogens with zero attached hydrogens (tertiary/aromatic N) is 4.